The largest absolute Gasteiger partial charge is 0.507 e. The van der Waals surface area contributed by atoms with Crippen LogP contribution in [0.1, 0.15) is 44.2 Å². The van der Waals surface area contributed by atoms with E-state index in [4.69, 9.17) is 5.41 Å². The third-order valence-corrected chi connectivity index (χ3v) is 4.54. The number of nitrogens with one attached hydrogen (secondary N) is 1. The van der Waals surface area contributed by atoms with E-state index in [2.05, 4.69) is 16.9 Å². The van der Waals surface area contributed by atoms with Crippen molar-refractivity contribution in [2.45, 2.75) is 39.5 Å². The number of aromatic hydroxyl groups is 1. The Morgan fingerprint density at radius 1 is 0.966 bits per heavy atom. The summed E-state index contributed by atoms with van der Waals surface area (Å²) in [4.78, 5) is 10.2. The Balaban J connectivity index is 0.000000370. The lowest BCUT2D eigenvalue weighted by Gasteiger charge is -2.10. The lowest BCUT2D eigenvalue weighted by molar-refractivity contribution is -0.142. The number of esters is 1. The smallest absolute Gasteiger partial charge is 0.305 e. The molecule has 0 spiro atoms. The predicted molar refractivity (Wildman–Crippen MR) is 119 cm³/mol. The number of rotatable bonds is 7. The summed E-state index contributed by atoms with van der Waals surface area (Å²) in [5.41, 5.74) is 2.47. The van der Waals surface area contributed by atoms with Gasteiger partial charge >= 0.3 is 5.97 Å². The van der Waals surface area contributed by atoms with Crippen LogP contribution >= 0.6 is 0 Å². The Bertz CT molecular complexity index is 935. The maximum absolute atomic E-state index is 10.2. The SMILES string of the molecule is CCOC(=O)CC.N=C(CCCc1ccccc1)c1c(O)ccc2ccccc12. The molecule has 0 unspecified atom stereocenters. The monoisotopic (exact) mass is 391 g/mol. The number of carbonyl (C=O) groups excluding carboxylic acids is 1. The van der Waals surface area contributed by atoms with Crippen LogP contribution in [0.25, 0.3) is 10.8 Å². The second-order valence-corrected chi connectivity index (χ2v) is 6.66. The van der Waals surface area contributed by atoms with Gasteiger partial charge in [-0.05, 0) is 48.6 Å². The molecular weight excluding hydrogens is 362 g/mol. The fourth-order valence-corrected chi connectivity index (χ4v) is 3.08. The fraction of sp³-hybridized carbons (Fsp3) is 0.280. The number of benzene rings is 3. The minimum absolute atomic E-state index is 0.123. The van der Waals surface area contributed by atoms with E-state index in [1.807, 2.05) is 48.5 Å². The lowest BCUT2D eigenvalue weighted by atomic mass is 9.96. The van der Waals surface area contributed by atoms with Crippen molar-refractivity contribution in [2.75, 3.05) is 6.61 Å². The molecule has 3 aromatic rings. The molecule has 29 heavy (non-hydrogen) atoms. The summed E-state index contributed by atoms with van der Waals surface area (Å²) in [5.74, 6) is 0.0749. The van der Waals surface area contributed by atoms with Crippen molar-refractivity contribution in [3.63, 3.8) is 0 Å². The quantitative estimate of drug-likeness (QED) is 0.389. The Kier molecular flexibility index (Phi) is 8.90. The molecule has 0 saturated carbocycles. The van der Waals surface area contributed by atoms with E-state index in [0.717, 1.165) is 23.6 Å². The Morgan fingerprint density at radius 2 is 1.66 bits per heavy atom. The molecule has 152 valence electrons. The molecule has 0 aliphatic rings. The Hall–Kier alpha value is -3.14. The van der Waals surface area contributed by atoms with Crippen LogP contribution in [0.2, 0.25) is 0 Å². The van der Waals surface area contributed by atoms with E-state index in [0.29, 0.717) is 30.7 Å². The highest BCUT2D eigenvalue weighted by molar-refractivity contribution is 6.11. The summed E-state index contributed by atoms with van der Waals surface area (Å²) < 4.78 is 4.55. The van der Waals surface area contributed by atoms with Gasteiger partial charge in [0.1, 0.15) is 5.75 Å². The first-order valence-electron chi connectivity index (χ1n) is 10.0. The van der Waals surface area contributed by atoms with E-state index in [1.54, 1.807) is 19.9 Å². The molecule has 0 heterocycles. The zero-order chi connectivity index (χ0) is 21.1. The van der Waals surface area contributed by atoms with Crippen LogP contribution in [0.3, 0.4) is 0 Å². The fourth-order valence-electron chi connectivity index (χ4n) is 3.08. The summed E-state index contributed by atoms with van der Waals surface area (Å²) in [5, 5.41) is 20.5. The van der Waals surface area contributed by atoms with Gasteiger partial charge in [0.05, 0.1) is 6.61 Å². The highest BCUT2D eigenvalue weighted by atomic mass is 16.5. The zero-order valence-electron chi connectivity index (χ0n) is 17.2. The Labute approximate surface area is 172 Å². The van der Waals surface area contributed by atoms with Crippen LogP contribution in [-0.4, -0.2) is 23.4 Å². The number of carbonyl (C=O) groups is 1. The van der Waals surface area contributed by atoms with Gasteiger partial charge < -0.3 is 15.3 Å². The van der Waals surface area contributed by atoms with Gasteiger partial charge in [-0.15, -0.1) is 0 Å². The molecule has 0 radical (unpaired) electrons. The minimum atomic E-state index is -0.123. The number of phenols is 1. The van der Waals surface area contributed by atoms with Gasteiger partial charge in [0, 0.05) is 17.7 Å². The van der Waals surface area contributed by atoms with Crippen LogP contribution in [0.5, 0.6) is 5.75 Å². The minimum Gasteiger partial charge on any atom is -0.507 e. The Morgan fingerprint density at radius 3 is 2.31 bits per heavy atom. The standard InChI is InChI=1S/C20H19NO.C5H10O2/c21-18(12-6-9-15-7-2-1-3-8-15)20-17-11-5-4-10-16(17)13-14-19(20)22;1-3-5(6)7-4-2/h1-5,7-8,10-11,13-14,21-22H,6,9,12H2;3-4H2,1-2H3. The number of phenolic OH excluding ortho intramolecular Hbond substituents is 1. The average molecular weight is 392 g/mol. The van der Waals surface area contributed by atoms with Gasteiger partial charge in [0.2, 0.25) is 0 Å². The molecule has 3 aromatic carbocycles. The normalized spacial score (nSPS) is 10.1. The average Bonchev–Trinajstić information content (AvgIpc) is 2.75. The first-order chi connectivity index (χ1) is 14.1. The van der Waals surface area contributed by atoms with Crippen molar-refractivity contribution in [1.82, 2.24) is 0 Å². The molecule has 0 bridgehead atoms. The predicted octanol–water partition coefficient (Wildman–Crippen LogP) is 5.90. The molecule has 3 rings (SSSR count). The number of hydrogen-bond acceptors (Lipinski definition) is 4. The molecule has 0 aliphatic carbocycles. The summed E-state index contributed by atoms with van der Waals surface area (Å²) in [6.45, 7) is 4.07. The van der Waals surface area contributed by atoms with Crippen molar-refractivity contribution in [3.8, 4) is 5.75 Å². The first kappa shape index (κ1) is 22.2. The van der Waals surface area contributed by atoms with Gasteiger partial charge in [0.25, 0.3) is 0 Å². The first-order valence-corrected chi connectivity index (χ1v) is 10.0. The van der Waals surface area contributed by atoms with Gasteiger partial charge in [-0.1, -0.05) is 67.6 Å². The maximum atomic E-state index is 10.2. The second-order valence-electron chi connectivity index (χ2n) is 6.66. The lowest BCUT2D eigenvalue weighted by Crippen LogP contribution is -2.02. The number of ether oxygens (including phenoxy) is 1. The molecule has 0 amide bonds. The summed E-state index contributed by atoms with van der Waals surface area (Å²) in [7, 11) is 0. The van der Waals surface area contributed by atoms with E-state index >= 15 is 0 Å². The molecule has 0 saturated heterocycles. The molecule has 0 aliphatic heterocycles. The summed E-state index contributed by atoms with van der Waals surface area (Å²) in [6.07, 6.45) is 3.00. The van der Waals surface area contributed by atoms with Gasteiger partial charge in [0.15, 0.2) is 0 Å². The van der Waals surface area contributed by atoms with Crippen LogP contribution in [0.15, 0.2) is 66.7 Å². The molecule has 0 fully saturated rings. The molecule has 4 nitrogen and oxygen atoms in total. The number of hydrogen-bond donors (Lipinski definition) is 2. The van der Waals surface area contributed by atoms with Crippen molar-refractivity contribution in [3.05, 3.63) is 77.9 Å². The van der Waals surface area contributed by atoms with Crippen molar-refractivity contribution in [2.24, 2.45) is 0 Å². The highest BCUT2D eigenvalue weighted by Crippen LogP contribution is 2.28. The van der Waals surface area contributed by atoms with E-state index in [-0.39, 0.29) is 11.7 Å². The van der Waals surface area contributed by atoms with Crippen LogP contribution in [0, 0.1) is 5.41 Å². The van der Waals surface area contributed by atoms with Crippen molar-refractivity contribution < 1.29 is 14.6 Å². The molecule has 4 heteroatoms. The van der Waals surface area contributed by atoms with Crippen LogP contribution < -0.4 is 0 Å². The van der Waals surface area contributed by atoms with E-state index < -0.39 is 0 Å². The summed E-state index contributed by atoms with van der Waals surface area (Å²) in [6, 6.07) is 21.8. The van der Waals surface area contributed by atoms with E-state index in [9.17, 15) is 9.90 Å². The molecule has 2 N–H and O–H groups in total. The maximum Gasteiger partial charge on any atom is 0.305 e. The van der Waals surface area contributed by atoms with Crippen molar-refractivity contribution >= 4 is 22.5 Å². The topological polar surface area (TPSA) is 70.4 Å². The van der Waals surface area contributed by atoms with Crippen LogP contribution in [-0.2, 0) is 16.0 Å². The third kappa shape index (κ3) is 6.75. The zero-order valence-corrected chi connectivity index (χ0v) is 17.2. The second kappa shape index (κ2) is 11.6. The molecule has 0 aromatic heterocycles. The summed E-state index contributed by atoms with van der Waals surface area (Å²) >= 11 is 0. The van der Waals surface area contributed by atoms with Gasteiger partial charge in [-0.3, -0.25) is 4.79 Å². The number of aryl methyl sites for hydroxylation is 1. The highest BCUT2D eigenvalue weighted by Gasteiger charge is 2.11. The van der Waals surface area contributed by atoms with Gasteiger partial charge in [-0.25, -0.2) is 0 Å². The van der Waals surface area contributed by atoms with Crippen molar-refractivity contribution in [1.29, 1.82) is 5.41 Å². The van der Waals surface area contributed by atoms with E-state index in [1.165, 1.54) is 5.56 Å². The molecular formula is C25H29NO3. The number of fused-ring (bicyclic) bond motifs is 1. The molecule has 0 atom stereocenters. The third-order valence-electron chi connectivity index (χ3n) is 4.54. The van der Waals surface area contributed by atoms with Crippen LogP contribution in [0.4, 0.5) is 0 Å². The van der Waals surface area contributed by atoms with Gasteiger partial charge in [-0.2, -0.15) is 0 Å².